The molecule has 0 aliphatic rings. The van der Waals surface area contributed by atoms with Gasteiger partial charge in [0.15, 0.2) is 0 Å². The highest BCUT2D eigenvalue weighted by Crippen LogP contribution is 2.19. The summed E-state index contributed by atoms with van der Waals surface area (Å²) >= 11 is 0. The maximum Gasteiger partial charge on any atom is 0.103 e. The van der Waals surface area contributed by atoms with Crippen molar-refractivity contribution in [1.82, 2.24) is 0 Å². The lowest BCUT2D eigenvalue weighted by molar-refractivity contribution is 0.0276. The molecule has 96 valence electrons. The molecular weight excluding hydrogens is 216 g/mol. The van der Waals surface area contributed by atoms with Gasteiger partial charge < -0.3 is 14.6 Å². The van der Waals surface area contributed by atoms with Crippen molar-refractivity contribution in [2.75, 3.05) is 26.9 Å². The van der Waals surface area contributed by atoms with E-state index >= 15 is 0 Å². The van der Waals surface area contributed by atoms with E-state index in [1.165, 1.54) is 0 Å². The summed E-state index contributed by atoms with van der Waals surface area (Å²) in [6.07, 6.45) is 0.313. The SMILES string of the molecule is COCCCOCC(O)c1cc(C)ccc1C. The van der Waals surface area contributed by atoms with Gasteiger partial charge in [-0.05, 0) is 31.4 Å². The van der Waals surface area contributed by atoms with Crippen molar-refractivity contribution in [3.8, 4) is 0 Å². The van der Waals surface area contributed by atoms with Gasteiger partial charge in [0.2, 0.25) is 0 Å². The average molecular weight is 238 g/mol. The Morgan fingerprint density at radius 1 is 1.24 bits per heavy atom. The highest BCUT2D eigenvalue weighted by atomic mass is 16.5. The molecule has 0 saturated carbocycles. The van der Waals surface area contributed by atoms with E-state index in [1.807, 2.05) is 32.0 Å². The molecule has 1 N–H and O–H groups in total. The second-order valence-electron chi connectivity index (χ2n) is 4.30. The zero-order valence-electron chi connectivity index (χ0n) is 10.9. The first-order chi connectivity index (χ1) is 8.15. The summed E-state index contributed by atoms with van der Waals surface area (Å²) in [7, 11) is 1.67. The third kappa shape index (κ3) is 4.86. The molecule has 0 aliphatic heterocycles. The molecule has 1 aromatic carbocycles. The number of aryl methyl sites for hydroxylation is 2. The predicted octanol–water partition coefficient (Wildman–Crippen LogP) is 2.39. The van der Waals surface area contributed by atoms with Crippen molar-refractivity contribution in [3.63, 3.8) is 0 Å². The number of aliphatic hydroxyl groups excluding tert-OH is 1. The van der Waals surface area contributed by atoms with E-state index in [-0.39, 0.29) is 0 Å². The zero-order valence-corrected chi connectivity index (χ0v) is 10.9. The quantitative estimate of drug-likeness (QED) is 0.741. The van der Waals surface area contributed by atoms with E-state index in [9.17, 15) is 5.11 Å². The largest absolute Gasteiger partial charge is 0.386 e. The van der Waals surface area contributed by atoms with Crippen LogP contribution in [-0.2, 0) is 9.47 Å². The van der Waals surface area contributed by atoms with Gasteiger partial charge in [0.25, 0.3) is 0 Å². The van der Waals surface area contributed by atoms with Crippen molar-refractivity contribution in [2.24, 2.45) is 0 Å². The van der Waals surface area contributed by atoms with Crippen molar-refractivity contribution < 1.29 is 14.6 Å². The molecule has 3 heteroatoms. The van der Waals surface area contributed by atoms with Gasteiger partial charge in [-0.15, -0.1) is 0 Å². The summed E-state index contributed by atoms with van der Waals surface area (Å²) in [6.45, 7) is 5.68. The fourth-order valence-electron chi connectivity index (χ4n) is 1.71. The number of hydrogen-bond donors (Lipinski definition) is 1. The van der Waals surface area contributed by atoms with E-state index in [1.54, 1.807) is 7.11 Å². The van der Waals surface area contributed by atoms with Gasteiger partial charge in [-0.1, -0.05) is 23.8 Å². The normalized spacial score (nSPS) is 12.7. The monoisotopic (exact) mass is 238 g/mol. The average Bonchev–Trinajstić information content (AvgIpc) is 2.32. The van der Waals surface area contributed by atoms with Gasteiger partial charge in [-0.2, -0.15) is 0 Å². The molecule has 0 amide bonds. The lowest BCUT2D eigenvalue weighted by atomic mass is 10.0. The molecule has 1 atom stereocenters. The van der Waals surface area contributed by atoms with Crippen LogP contribution in [0.4, 0.5) is 0 Å². The highest BCUT2D eigenvalue weighted by molar-refractivity contribution is 5.32. The molecule has 0 heterocycles. The van der Waals surface area contributed by atoms with Gasteiger partial charge in [-0.25, -0.2) is 0 Å². The van der Waals surface area contributed by atoms with E-state index in [0.29, 0.717) is 19.8 Å². The second kappa shape index (κ2) is 7.43. The fourth-order valence-corrected chi connectivity index (χ4v) is 1.71. The molecule has 0 fully saturated rings. The molecule has 0 bridgehead atoms. The van der Waals surface area contributed by atoms with Crippen molar-refractivity contribution in [2.45, 2.75) is 26.4 Å². The Bertz CT molecular complexity index is 336. The second-order valence-corrected chi connectivity index (χ2v) is 4.30. The standard InChI is InChI=1S/C14H22O3/c1-11-5-6-12(2)13(9-11)14(15)10-17-8-4-7-16-3/h5-6,9,14-15H,4,7-8,10H2,1-3H3. The number of ether oxygens (including phenoxy) is 2. The minimum Gasteiger partial charge on any atom is -0.386 e. The Labute approximate surface area is 103 Å². The third-order valence-electron chi connectivity index (χ3n) is 2.71. The first-order valence-electron chi connectivity index (χ1n) is 5.97. The summed E-state index contributed by atoms with van der Waals surface area (Å²) in [5, 5.41) is 10.0. The summed E-state index contributed by atoms with van der Waals surface area (Å²) in [6, 6.07) is 6.09. The van der Waals surface area contributed by atoms with Crippen molar-refractivity contribution in [1.29, 1.82) is 0 Å². The van der Waals surface area contributed by atoms with Crippen LogP contribution >= 0.6 is 0 Å². The topological polar surface area (TPSA) is 38.7 Å². The summed E-state index contributed by atoms with van der Waals surface area (Å²) in [5.41, 5.74) is 3.21. The van der Waals surface area contributed by atoms with Crippen LogP contribution in [-0.4, -0.2) is 32.0 Å². The highest BCUT2D eigenvalue weighted by Gasteiger charge is 2.10. The van der Waals surface area contributed by atoms with Gasteiger partial charge >= 0.3 is 0 Å². The molecule has 1 rings (SSSR count). The molecule has 1 unspecified atom stereocenters. The molecule has 1 aromatic rings. The van der Waals surface area contributed by atoms with Crippen LogP contribution in [0.2, 0.25) is 0 Å². The molecule has 0 aliphatic carbocycles. The molecule has 0 spiro atoms. The van der Waals surface area contributed by atoms with E-state index < -0.39 is 6.10 Å². The first-order valence-corrected chi connectivity index (χ1v) is 5.97. The minimum absolute atomic E-state index is 0.341. The van der Waals surface area contributed by atoms with Gasteiger partial charge in [0, 0.05) is 20.3 Å². The van der Waals surface area contributed by atoms with Gasteiger partial charge in [0.1, 0.15) is 6.10 Å². The Morgan fingerprint density at radius 2 is 2.00 bits per heavy atom. The van der Waals surface area contributed by atoms with Crippen LogP contribution < -0.4 is 0 Å². The molecule has 17 heavy (non-hydrogen) atoms. The van der Waals surface area contributed by atoms with Crippen LogP contribution in [0.5, 0.6) is 0 Å². The Morgan fingerprint density at radius 3 is 2.71 bits per heavy atom. The summed E-state index contributed by atoms with van der Waals surface area (Å²) in [4.78, 5) is 0. The number of methoxy groups -OCH3 is 1. The molecule has 0 saturated heterocycles. The molecule has 3 nitrogen and oxygen atoms in total. The molecule has 0 radical (unpaired) electrons. The maximum absolute atomic E-state index is 10.0. The smallest absolute Gasteiger partial charge is 0.103 e. The van der Waals surface area contributed by atoms with Crippen LogP contribution in [0.1, 0.15) is 29.2 Å². The van der Waals surface area contributed by atoms with Crippen LogP contribution in [0.15, 0.2) is 18.2 Å². The number of hydrogen-bond acceptors (Lipinski definition) is 3. The van der Waals surface area contributed by atoms with Crippen LogP contribution in [0.3, 0.4) is 0 Å². The molecular formula is C14H22O3. The zero-order chi connectivity index (χ0) is 12.7. The van der Waals surface area contributed by atoms with Gasteiger partial charge in [0.05, 0.1) is 6.61 Å². The summed E-state index contributed by atoms with van der Waals surface area (Å²) < 4.78 is 10.3. The Hall–Kier alpha value is -0.900. The van der Waals surface area contributed by atoms with E-state index in [0.717, 1.165) is 23.1 Å². The number of benzene rings is 1. The molecule has 0 aromatic heterocycles. The fraction of sp³-hybridized carbons (Fsp3) is 0.571. The Balaban J connectivity index is 2.41. The maximum atomic E-state index is 10.0. The summed E-state index contributed by atoms with van der Waals surface area (Å²) in [5.74, 6) is 0. The van der Waals surface area contributed by atoms with Crippen LogP contribution in [0, 0.1) is 13.8 Å². The van der Waals surface area contributed by atoms with Crippen molar-refractivity contribution >= 4 is 0 Å². The lowest BCUT2D eigenvalue weighted by Crippen LogP contribution is -2.10. The number of rotatable bonds is 7. The minimum atomic E-state index is -0.544. The van der Waals surface area contributed by atoms with E-state index in [4.69, 9.17) is 9.47 Å². The van der Waals surface area contributed by atoms with Crippen LogP contribution in [0.25, 0.3) is 0 Å². The lowest BCUT2D eigenvalue weighted by Gasteiger charge is -2.14. The Kier molecular flexibility index (Phi) is 6.19. The third-order valence-corrected chi connectivity index (χ3v) is 2.71. The number of aliphatic hydroxyl groups is 1. The van der Waals surface area contributed by atoms with Crippen molar-refractivity contribution in [3.05, 3.63) is 34.9 Å². The van der Waals surface area contributed by atoms with Gasteiger partial charge in [-0.3, -0.25) is 0 Å². The van der Waals surface area contributed by atoms with E-state index in [2.05, 4.69) is 0 Å². The first kappa shape index (κ1) is 14.2. The predicted molar refractivity (Wildman–Crippen MR) is 68.2 cm³/mol.